The molecular weight excluding hydrogens is 1310 g/mol. The number of nitrogen functional groups attached to an aromatic ring is 4. The molecule has 4 aromatic rings. The zero-order chi connectivity index (χ0) is 69.7. The molecule has 13 N–H and O–H groups in total. The van der Waals surface area contributed by atoms with E-state index in [1.54, 1.807) is 26.8 Å². The van der Waals surface area contributed by atoms with Crippen LogP contribution in [-0.4, -0.2) is 210 Å². The van der Waals surface area contributed by atoms with E-state index in [2.05, 4.69) is 55.9 Å². The number of halogens is 2. The van der Waals surface area contributed by atoms with Crippen LogP contribution in [0.3, 0.4) is 0 Å². The first-order valence-corrected chi connectivity index (χ1v) is 33.7. The molecule has 520 valence electrons. The van der Waals surface area contributed by atoms with E-state index >= 15 is 0 Å². The number of aromatic nitrogens is 4. The topological polar surface area (TPSA) is 452 Å². The third-order valence-electron chi connectivity index (χ3n) is 15.9. The average Bonchev–Trinajstić information content (AvgIpc) is 1.56. The van der Waals surface area contributed by atoms with Crippen molar-refractivity contribution in [2.75, 3.05) is 115 Å². The van der Waals surface area contributed by atoms with Crippen molar-refractivity contribution in [1.29, 1.82) is 0 Å². The van der Waals surface area contributed by atoms with E-state index in [-0.39, 0.29) is 117 Å². The zero-order valence-corrected chi connectivity index (χ0v) is 56.4. The molecule has 0 atom stereocenters. The minimum absolute atomic E-state index is 0.0515. The highest BCUT2D eigenvalue weighted by atomic mass is 35.5. The van der Waals surface area contributed by atoms with Crippen LogP contribution in [0.1, 0.15) is 129 Å². The third kappa shape index (κ3) is 20.6. The minimum atomic E-state index is -4.06. The summed E-state index contributed by atoms with van der Waals surface area (Å²) in [6.45, 7) is 11.6. The maximum absolute atomic E-state index is 13.4. The number of likely N-dealkylation sites (tertiary alicyclic amines) is 2. The van der Waals surface area contributed by atoms with E-state index < -0.39 is 45.9 Å². The summed E-state index contributed by atoms with van der Waals surface area (Å²) in [5.74, 6) is -2.90. The van der Waals surface area contributed by atoms with Crippen LogP contribution >= 0.6 is 23.2 Å². The van der Waals surface area contributed by atoms with Crippen LogP contribution in [0.2, 0.25) is 10.3 Å². The van der Waals surface area contributed by atoms with E-state index in [4.69, 9.17) is 60.3 Å². The molecule has 2 aromatic carbocycles. The first-order chi connectivity index (χ1) is 45.8. The Morgan fingerprint density at radius 1 is 0.604 bits per heavy atom. The van der Waals surface area contributed by atoms with E-state index in [1.165, 1.54) is 24.3 Å². The van der Waals surface area contributed by atoms with Crippen molar-refractivity contribution in [1.82, 2.24) is 65.5 Å². The van der Waals surface area contributed by atoms with Crippen molar-refractivity contribution in [2.45, 2.75) is 114 Å². The summed E-state index contributed by atoms with van der Waals surface area (Å²) in [6.07, 6.45) is 6.19. The Morgan fingerprint density at radius 2 is 1.07 bits per heavy atom. The Hall–Kier alpha value is -9.21. The number of hydrogen-bond donors (Lipinski definition) is 9. The van der Waals surface area contributed by atoms with Gasteiger partial charge in [-0.3, -0.25) is 54.2 Å². The molecule has 6 amide bonds. The van der Waals surface area contributed by atoms with Gasteiger partial charge in [0.25, 0.3) is 29.5 Å². The van der Waals surface area contributed by atoms with Crippen LogP contribution < -0.4 is 53.7 Å². The number of nitrogens with two attached hydrogens (primary N) is 4. The van der Waals surface area contributed by atoms with Crippen molar-refractivity contribution in [2.24, 2.45) is 9.98 Å². The first-order valence-electron chi connectivity index (χ1n) is 31.5. The number of nitrogens with one attached hydrogen (secondary N) is 5. The minimum Gasteiger partial charge on any atom is -0.482 e. The normalized spacial score (nSPS) is 15.2. The maximum Gasteiger partial charge on any atom is 0.344 e. The average molecular weight is 1390 g/mol. The maximum atomic E-state index is 13.4. The van der Waals surface area contributed by atoms with Gasteiger partial charge >= 0.3 is 11.9 Å². The molecule has 4 aliphatic heterocycles. The second kappa shape index (κ2) is 34.5. The van der Waals surface area contributed by atoms with Crippen molar-refractivity contribution >= 4 is 116 Å². The van der Waals surface area contributed by atoms with Gasteiger partial charge in [0.05, 0.1) is 35.5 Å². The number of nitrogens with zero attached hydrogens (tertiary/aromatic N) is 10. The van der Waals surface area contributed by atoms with Gasteiger partial charge in [0.1, 0.15) is 5.75 Å². The molecule has 0 bridgehead atoms. The van der Waals surface area contributed by atoms with E-state index in [1.807, 2.05) is 44.7 Å². The quantitative estimate of drug-likeness (QED) is 0.0406. The first kappa shape index (κ1) is 74.2. The standard InChI is InChI=1S/C31H42ClN9O6.C30H41ClN10O7S/c1-3-13-40(14-4-2)23(43)17-47-24(44)18-46-21-8-5-20(6-9-21)7-10-22(42)41-15-11-31(12-16-41)19-35-30(39-31)38-29(45)25-27(33)37-28(34)26(32)36-25;1-3-12-40(13-4-2)21(42)17-48-22(43)8-11-35-49(46,47)20-7-5-6-19(16-20)28(45)41-14-9-30(10-15-41)18-34-29(39-30)38-27(44)23-25(32)37-26(33)24(31)36-23/h5-6,8-9H,3-4,7,10-19H2,1-2H3,(H4,33,34,37)(H2,35,38,39,45);5-7,16,35H,3-4,8-15,17-18H2,1-2H3,(H4,32,33,37)(H2,34,38,39,44). The van der Waals surface area contributed by atoms with Gasteiger partial charge in [0, 0.05) is 70.9 Å². The lowest BCUT2D eigenvalue weighted by Crippen LogP contribution is -2.57. The highest BCUT2D eigenvalue weighted by Gasteiger charge is 2.42. The fourth-order valence-electron chi connectivity index (χ4n) is 10.7. The summed E-state index contributed by atoms with van der Waals surface area (Å²) in [5, 5.41) is 11.5. The molecule has 0 aliphatic carbocycles. The predicted molar refractivity (Wildman–Crippen MR) is 357 cm³/mol. The number of ether oxygens (including phenoxy) is 3. The molecule has 35 heteroatoms. The van der Waals surface area contributed by atoms with Crippen molar-refractivity contribution in [3.63, 3.8) is 0 Å². The summed E-state index contributed by atoms with van der Waals surface area (Å²) >= 11 is 11.8. The molecule has 32 nitrogen and oxygen atoms in total. The number of esters is 2. The molecule has 96 heavy (non-hydrogen) atoms. The van der Waals surface area contributed by atoms with Gasteiger partial charge in [0.2, 0.25) is 15.9 Å². The van der Waals surface area contributed by atoms with Crippen molar-refractivity contribution in [3.05, 3.63) is 81.4 Å². The summed E-state index contributed by atoms with van der Waals surface area (Å²) in [5.41, 5.74) is 22.6. The van der Waals surface area contributed by atoms with E-state index in [0.29, 0.717) is 116 Å². The molecule has 2 aromatic heterocycles. The number of benzene rings is 2. The largest absolute Gasteiger partial charge is 0.482 e. The van der Waals surface area contributed by atoms with E-state index in [9.17, 15) is 46.8 Å². The summed E-state index contributed by atoms with van der Waals surface area (Å²) in [6, 6.07) is 12.8. The monoisotopic (exact) mass is 1390 g/mol. The SMILES string of the molecule is CCCN(CCC)C(=O)COC(=O)CCNS(=O)(=O)c1cccc(C(=O)N2CCC3(CC2)CN=C(NC(=O)c2nc(Cl)c(N)nc2N)N3)c1.CCCN(CCC)C(=O)COC(=O)COc1ccc(CCC(=O)N2CCC3(CC2)CN=C(NC(=O)c2nc(Cl)c(N)nc2N)N3)cc1. The second-order valence-corrected chi connectivity index (χ2v) is 25.7. The van der Waals surface area contributed by atoms with Crippen LogP contribution in [0.25, 0.3) is 0 Å². The molecule has 0 unspecified atom stereocenters. The fraction of sp³-hybridized carbons (Fsp3) is 0.508. The number of rotatable bonds is 26. The number of amides is 6. The Balaban J connectivity index is 0.000000271. The van der Waals surface area contributed by atoms with Gasteiger partial charge in [0.15, 0.2) is 76.7 Å². The molecule has 2 saturated heterocycles. The molecular formula is C61H83Cl2N19O13S. The summed E-state index contributed by atoms with van der Waals surface area (Å²) in [7, 11) is -4.06. The van der Waals surface area contributed by atoms with Crippen LogP contribution in [0, 0.1) is 0 Å². The smallest absolute Gasteiger partial charge is 0.344 e. The van der Waals surface area contributed by atoms with Gasteiger partial charge in [-0.2, -0.15) is 0 Å². The molecule has 0 radical (unpaired) electrons. The lowest BCUT2D eigenvalue weighted by atomic mass is 9.88. The zero-order valence-electron chi connectivity index (χ0n) is 54.0. The van der Waals surface area contributed by atoms with Crippen molar-refractivity contribution in [3.8, 4) is 5.75 Å². The Kier molecular flexibility index (Phi) is 26.6. The number of aliphatic imine (C=N–C) groups is 2. The van der Waals surface area contributed by atoms with Crippen molar-refractivity contribution < 1.29 is 61.0 Å². The van der Waals surface area contributed by atoms with Crippen LogP contribution in [0.4, 0.5) is 23.3 Å². The summed E-state index contributed by atoms with van der Waals surface area (Å²) in [4.78, 5) is 131. The lowest BCUT2D eigenvalue weighted by Gasteiger charge is -2.39. The third-order valence-corrected chi connectivity index (χ3v) is 18.0. The number of anilines is 4. The molecule has 8 rings (SSSR count). The second-order valence-electron chi connectivity index (χ2n) is 23.2. The highest BCUT2D eigenvalue weighted by molar-refractivity contribution is 7.89. The molecule has 2 fully saturated rings. The Bertz CT molecular complexity index is 3650. The fourth-order valence-corrected chi connectivity index (χ4v) is 12.1. The molecule has 2 spiro atoms. The van der Waals surface area contributed by atoms with Crippen LogP contribution in [0.15, 0.2) is 63.4 Å². The number of sulfonamides is 1. The van der Waals surface area contributed by atoms with Gasteiger partial charge in [-0.1, -0.05) is 69.1 Å². The number of aryl methyl sites for hydroxylation is 1. The highest BCUT2D eigenvalue weighted by Crippen LogP contribution is 2.29. The number of carbonyl (C=O) groups is 8. The summed E-state index contributed by atoms with van der Waals surface area (Å²) < 4.78 is 43.9. The predicted octanol–water partition coefficient (Wildman–Crippen LogP) is 2.07. The van der Waals surface area contributed by atoms with Gasteiger partial charge in [-0.25, -0.2) is 37.9 Å². The number of piperidine rings is 2. The molecule has 0 saturated carbocycles. The van der Waals surface area contributed by atoms with E-state index in [0.717, 1.165) is 31.2 Å². The lowest BCUT2D eigenvalue weighted by molar-refractivity contribution is -0.153. The Labute approximate surface area is 565 Å². The molecule has 4 aliphatic rings. The Morgan fingerprint density at radius 3 is 1.55 bits per heavy atom. The number of guanidine groups is 2. The van der Waals surface area contributed by atoms with Gasteiger partial charge < -0.3 is 67.4 Å². The van der Waals surface area contributed by atoms with Crippen LogP contribution in [0.5, 0.6) is 5.75 Å². The number of hydrogen-bond acceptors (Lipinski definition) is 25. The van der Waals surface area contributed by atoms with Gasteiger partial charge in [-0.05, 0) is 93.7 Å². The van der Waals surface area contributed by atoms with Gasteiger partial charge in [-0.15, -0.1) is 0 Å². The number of carbonyl (C=O) groups excluding carboxylic acids is 8. The van der Waals surface area contributed by atoms with Crippen LogP contribution in [-0.2, 0) is 49.9 Å². The molecule has 6 heterocycles.